The number of hydrogen-bond acceptors (Lipinski definition) is 2. The summed E-state index contributed by atoms with van der Waals surface area (Å²) in [6, 6.07) is 13.5. The van der Waals surface area contributed by atoms with Gasteiger partial charge in [-0.15, -0.1) is 11.3 Å². The van der Waals surface area contributed by atoms with Crippen molar-refractivity contribution in [3.8, 4) is 11.1 Å². The average Bonchev–Trinajstić information content (AvgIpc) is 2.98. The molecule has 21 heavy (non-hydrogen) atoms. The third-order valence-electron chi connectivity index (χ3n) is 3.56. The van der Waals surface area contributed by atoms with Crippen LogP contribution >= 0.6 is 11.3 Å². The van der Waals surface area contributed by atoms with Gasteiger partial charge in [0.05, 0.1) is 0 Å². The summed E-state index contributed by atoms with van der Waals surface area (Å²) in [6.07, 6.45) is 1.10. The Morgan fingerprint density at radius 2 is 2.00 bits per heavy atom. The Balaban J connectivity index is 2.01. The molecule has 0 unspecified atom stereocenters. The largest absolute Gasteiger partial charge is 0.313 e. The quantitative estimate of drug-likeness (QED) is 0.638. The van der Waals surface area contributed by atoms with Crippen molar-refractivity contribution in [2.24, 2.45) is 0 Å². The van der Waals surface area contributed by atoms with Gasteiger partial charge in [-0.05, 0) is 47.5 Å². The van der Waals surface area contributed by atoms with Crippen molar-refractivity contribution in [1.82, 2.24) is 5.32 Å². The van der Waals surface area contributed by atoms with Crippen LogP contribution in [-0.4, -0.2) is 6.54 Å². The minimum absolute atomic E-state index is 0.157. The van der Waals surface area contributed by atoms with Crippen LogP contribution in [0.1, 0.15) is 18.9 Å². The number of nitrogens with one attached hydrogen (secondary N) is 1. The van der Waals surface area contributed by atoms with Gasteiger partial charge >= 0.3 is 0 Å². The van der Waals surface area contributed by atoms with Gasteiger partial charge < -0.3 is 5.32 Å². The van der Waals surface area contributed by atoms with Crippen molar-refractivity contribution in [2.75, 3.05) is 6.54 Å². The minimum atomic E-state index is -0.157. The highest BCUT2D eigenvalue weighted by molar-refractivity contribution is 7.17. The van der Waals surface area contributed by atoms with E-state index in [4.69, 9.17) is 0 Å². The molecule has 1 aromatic heterocycles. The van der Waals surface area contributed by atoms with Crippen molar-refractivity contribution >= 4 is 21.4 Å². The molecule has 1 nitrogen and oxygen atoms in total. The monoisotopic (exact) mass is 299 g/mol. The molecule has 3 rings (SSSR count). The molecule has 0 aliphatic heterocycles. The molecule has 0 atom stereocenters. The zero-order chi connectivity index (χ0) is 14.7. The SMILES string of the molecule is CCCNCc1ccc(F)c(-c2cccc3ccsc23)c1. The Hall–Kier alpha value is -1.71. The fourth-order valence-corrected chi connectivity index (χ4v) is 3.43. The Bertz CT molecular complexity index is 748. The van der Waals surface area contributed by atoms with E-state index in [-0.39, 0.29) is 5.82 Å². The van der Waals surface area contributed by atoms with Crippen LogP contribution in [0.25, 0.3) is 21.2 Å². The molecule has 0 aliphatic rings. The smallest absolute Gasteiger partial charge is 0.131 e. The molecular formula is C18H18FNS. The zero-order valence-corrected chi connectivity index (χ0v) is 12.8. The summed E-state index contributed by atoms with van der Waals surface area (Å²) in [5, 5.41) is 6.59. The van der Waals surface area contributed by atoms with Crippen LogP contribution in [0.2, 0.25) is 0 Å². The van der Waals surface area contributed by atoms with Crippen LogP contribution in [0.4, 0.5) is 4.39 Å². The lowest BCUT2D eigenvalue weighted by molar-refractivity contribution is 0.628. The fraction of sp³-hybridized carbons (Fsp3) is 0.222. The summed E-state index contributed by atoms with van der Waals surface area (Å²) in [5.74, 6) is -0.157. The topological polar surface area (TPSA) is 12.0 Å². The van der Waals surface area contributed by atoms with Crippen molar-refractivity contribution in [2.45, 2.75) is 19.9 Å². The van der Waals surface area contributed by atoms with Gasteiger partial charge in [-0.25, -0.2) is 4.39 Å². The molecule has 1 N–H and O–H groups in total. The molecule has 1 heterocycles. The second-order valence-corrected chi connectivity index (χ2v) is 6.05. The number of thiophene rings is 1. The highest BCUT2D eigenvalue weighted by Crippen LogP contribution is 2.34. The molecule has 0 saturated heterocycles. The van der Waals surface area contributed by atoms with Crippen LogP contribution in [-0.2, 0) is 6.54 Å². The van der Waals surface area contributed by atoms with Gasteiger partial charge in [-0.1, -0.05) is 31.2 Å². The lowest BCUT2D eigenvalue weighted by Gasteiger charge is -2.09. The molecular weight excluding hydrogens is 281 g/mol. The van der Waals surface area contributed by atoms with E-state index >= 15 is 0 Å². The van der Waals surface area contributed by atoms with E-state index in [9.17, 15) is 4.39 Å². The number of benzene rings is 2. The third kappa shape index (κ3) is 2.99. The average molecular weight is 299 g/mol. The van der Waals surface area contributed by atoms with Crippen molar-refractivity contribution < 1.29 is 4.39 Å². The lowest BCUT2D eigenvalue weighted by Crippen LogP contribution is -2.13. The fourth-order valence-electron chi connectivity index (χ4n) is 2.50. The molecule has 2 aromatic carbocycles. The van der Waals surface area contributed by atoms with E-state index < -0.39 is 0 Å². The van der Waals surface area contributed by atoms with Gasteiger partial charge in [0, 0.05) is 22.4 Å². The first-order valence-corrected chi connectivity index (χ1v) is 8.13. The first kappa shape index (κ1) is 14.2. The van der Waals surface area contributed by atoms with Crippen LogP contribution in [0.3, 0.4) is 0 Å². The first-order chi connectivity index (χ1) is 10.3. The van der Waals surface area contributed by atoms with E-state index in [2.05, 4.69) is 29.8 Å². The number of hydrogen-bond donors (Lipinski definition) is 1. The van der Waals surface area contributed by atoms with Crippen LogP contribution in [0, 0.1) is 5.82 Å². The van der Waals surface area contributed by atoms with Crippen molar-refractivity contribution in [1.29, 1.82) is 0 Å². The van der Waals surface area contributed by atoms with Gasteiger partial charge in [0.2, 0.25) is 0 Å². The lowest BCUT2D eigenvalue weighted by atomic mass is 10.0. The van der Waals surface area contributed by atoms with Gasteiger partial charge in [0.1, 0.15) is 5.82 Å². The van der Waals surface area contributed by atoms with Crippen molar-refractivity contribution in [3.63, 3.8) is 0 Å². The number of fused-ring (bicyclic) bond motifs is 1. The first-order valence-electron chi connectivity index (χ1n) is 7.25. The van der Waals surface area contributed by atoms with E-state index in [1.165, 1.54) is 5.39 Å². The summed E-state index contributed by atoms with van der Waals surface area (Å²) in [4.78, 5) is 0. The van der Waals surface area contributed by atoms with Gasteiger partial charge in [0.25, 0.3) is 0 Å². The maximum absolute atomic E-state index is 14.3. The molecule has 3 aromatic rings. The second kappa shape index (κ2) is 6.37. The molecule has 0 radical (unpaired) electrons. The van der Waals surface area contributed by atoms with Crippen LogP contribution < -0.4 is 5.32 Å². The molecule has 0 saturated carbocycles. The highest BCUT2D eigenvalue weighted by atomic mass is 32.1. The normalized spacial score (nSPS) is 11.1. The maximum atomic E-state index is 14.3. The van der Waals surface area contributed by atoms with Gasteiger partial charge in [-0.2, -0.15) is 0 Å². The molecule has 0 aliphatic carbocycles. The molecule has 108 valence electrons. The Kier molecular flexibility index (Phi) is 4.32. The summed E-state index contributed by atoms with van der Waals surface area (Å²) in [6.45, 7) is 3.90. The van der Waals surface area contributed by atoms with E-state index in [1.54, 1.807) is 17.4 Å². The van der Waals surface area contributed by atoms with Gasteiger partial charge in [-0.3, -0.25) is 0 Å². The molecule has 0 bridgehead atoms. The number of halogens is 1. The summed E-state index contributed by atoms with van der Waals surface area (Å²) >= 11 is 1.66. The summed E-state index contributed by atoms with van der Waals surface area (Å²) in [5.41, 5.74) is 2.80. The predicted molar refractivity (Wildman–Crippen MR) is 89.2 cm³/mol. The second-order valence-electron chi connectivity index (χ2n) is 5.14. The Morgan fingerprint density at radius 3 is 2.86 bits per heavy atom. The maximum Gasteiger partial charge on any atom is 0.131 e. The van der Waals surface area contributed by atoms with Gasteiger partial charge in [0.15, 0.2) is 0 Å². The van der Waals surface area contributed by atoms with E-state index in [0.29, 0.717) is 5.56 Å². The Morgan fingerprint density at radius 1 is 1.10 bits per heavy atom. The van der Waals surface area contributed by atoms with E-state index in [1.807, 2.05) is 24.3 Å². The Labute approximate surface area is 128 Å². The minimum Gasteiger partial charge on any atom is -0.313 e. The number of rotatable bonds is 5. The molecule has 3 heteroatoms. The zero-order valence-electron chi connectivity index (χ0n) is 12.0. The standard InChI is InChI=1S/C18H18FNS/c1-2-9-20-12-13-6-7-17(19)16(11-13)15-5-3-4-14-8-10-21-18(14)15/h3-8,10-11,20H,2,9,12H2,1H3. The van der Waals surface area contributed by atoms with Crippen LogP contribution in [0.15, 0.2) is 47.8 Å². The summed E-state index contributed by atoms with van der Waals surface area (Å²) in [7, 11) is 0. The van der Waals surface area contributed by atoms with E-state index in [0.717, 1.165) is 35.3 Å². The summed E-state index contributed by atoms with van der Waals surface area (Å²) < 4.78 is 15.4. The van der Waals surface area contributed by atoms with Crippen LogP contribution in [0.5, 0.6) is 0 Å². The highest BCUT2D eigenvalue weighted by Gasteiger charge is 2.10. The molecule has 0 amide bonds. The molecule has 0 spiro atoms. The van der Waals surface area contributed by atoms with Crippen molar-refractivity contribution in [3.05, 3.63) is 59.2 Å². The predicted octanol–water partition coefficient (Wildman–Crippen LogP) is 5.21. The molecule has 0 fully saturated rings. The third-order valence-corrected chi connectivity index (χ3v) is 4.52.